The van der Waals surface area contributed by atoms with Gasteiger partial charge >= 0.3 is 0 Å². The second kappa shape index (κ2) is 4.35. The van der Waals surface area contributed by atoms with Crippen molar-refractivity contribution in [1.29, 1.82) is 0 Å². The lowest BCUT2D eigenvalue weighted by atomic mass is 9.80. The summed E-state index contributed by atoms with van der Waals surface area (Å²) in [5, 5.41) is 13.3. The quantitative estimate of drug-likeness (QED) is 0.683. The summed E-state index contributed by atoms with van der Waals surface area (Å²) >= 11 is 0. The molecule has 18 heavy (non-hydrogen) atoms. The largest absolute Gasteiger partial charge is 0.351 e. The molecule has 1 saturated heterocycles. The molecule has 1 aromatic heterocycles. The van der Waals surface area contributed by atoms with Crippen LogP contribution in [0.3, 0.4) is 0 Å². The fourth-order valence-corrected chi connectivity index (χ4v) is 3.19. The first kappa shape index (κ1) is 13.0. The fourth-order valence-electron chi connectivity index (χ4n) is 3.19. The smallest absolute Gasteiger partial charge is 0.271 e. The molecular formula is C12H22N5O+. The SMILES string of the molecule is CC1(C)CC(Nc2nncc(=O)[nH]2)CC(C)(C)[NH2+]1. The number of aromatic amines is 1. The minimum absolute atomic E-state index is 0.182. The van der Waals surface area contributed by atoms with Gasteiger partial charge in [0.25, 0.3) is 5.56 Å². The Bertz CT molecular complexity index is 463. The third-order valence-corrected chi connectivity index (χ3v) is 3.24. The van der Waals surface area contributed by atoms with Crippen molar-refractivity contribution in [3.05, 3.63) is 16.6 Å². The van der Waals surface area contributed by atoms with Crippen molar-refractivity contribution in [3.8, 4) is 0 Å². The maximum absolute atomic E-state index is 11.2. The number of H-pyrrole nitrogens is 1. The molecule has 1 aliphatic rings. The van der Waals surface area contributed by atoms with Crippen molar-refractivity contribution in [1.82, 2.24) is 15.2 Å². The van der Waals surface area contributed by atoms with Crippen LogP contribution in [0.5, 0.6) is 0 Å². The van der Waals surface area contributed by atoms with Crippen LogP contribution >= 0.6 is 0 Å². The molecule has 100 valence electrons. The maximum atomic E-state index is 11.2. The molecule has 0 spiro atoms. The van der Waals surface area contributed by atoms with Gasteiger partial charge in [0.1, 0.15) is 6.20 Å². The molecule has 2 rings (SSSR count). The number of aromatic nitrogens is 3. The second-order valence-electron chi connectivity index (χ2n) is 6.55. The lowest BCUT2D eigenvalue weighted by molar-refractivity contribution is -0.787. The average Bonchev–Trinajstić information content (AvgIpc) is 2.11. The van der Waals surface area contributed by atoms with Crippen LogP contribution in [-0.4, -0.2) is 32.3 Å². The molecule has 2 heterocycles. The van der Waals surface area contributed by atoms with Crippen LogP contribution in [0.15, 0.2) is 11.0 Å². The highest BCUT2D eigenvalue weighted by Crippen LogP contribution is 2.23. The molecule has 0 unspecified atom stereocenters. The molecule has 1 aromatic rings. The summed E-state index contributed by atoms with van der Waals surface area (Å²) in [6, 6.07) is 0.298. The molecule has 4 N–H and O–H groups in total. The Kier molecular flexibility index (Phi) is 3.14. The Morgan fingerprint density at radius 3 is 2.50 bits per heavy atom. The summed E-state index contributed by atoms with van der Waals surface area (Å²) < 4.78 is 0. The summed E-state index contributed by atoms with van der Waals surface area (Å²) in [7, 11) is 0. The summed E-state index contributed by atoms with van der Waals surface area (Å²) in [5.74, 6) is 0.459. The topological polar surface area (TPSA) is 87.3 Å². The zero-order chi connectivity index (χ0) is 13.4. The van der Waals surface area contributed by atoms with Gasteiger partial charge in [-0.2, -0.15) is 0 Å². The number of hydrogen-bond donors (Lipinski definition) is 3. The van der Waals surface area contributed by atoms with Crippen LogP contribution in [0.1, 0.15) is 40.5 Å². The van der Waals surface area contributed by atoms with E-state index in [0.29, 0.717) is 12.0 Å². The lowest BCUT2D eigenvalue weighted by Gasteiger charge is -2.43. The molecular weight excluding hydrogens is 230 g/mol. The van der Waals surface area contributed by atoms with Crippen LogP contribution in [-0.2, 0) is 0 Å². The van der Waals surface area contributed by atoms with E-state index in [-0.39, 0.29) is 16.6 Å². The number of nitrogens with zero attached hydrogens (tertiary/aromatic N) is 2. The standard InChI is InChI=1S/C12H21N5O/c1-11(2)5-8(6-12(3,4)17-11)14-10-15-9(18)7-13-16-10/h7-8,17H,5-6H2,1-4H3,(H2,14,15,16,18)/p+1. The number of nitrogens with two attached hydrogens (primary N) is 1. The number of nitrogens with one attached hydrogen (secondary N) is 2. The van der Waals surface area contributed by atoms with E-state index >= 15 is 0 Å². The molecule has 0 aliphatic carbocycles. The van der Waals surface area contributed by atoms with E-state index in [0.717, 1.165) is 12.8 Å². The van der Waals surface area contributed by atoms with Gasteiger partial charge in [0.2, 0.25) is 5.95 Å². The van der Waals surface area contributed by atoms with Gasteiger partial charge in [-0.05, 0) is 27.7 Å². The predicted octanol–water partition coefficient (Wildman–Crippen LogP) is -0.140. The van der Waals surface area contributed by atoms with Crippen molar-refractivity contribution >= 4 is 5.95 Å². The van der Waals surface area contributed by atoms with Crippen LogP contribution in [0, 0.1) is 0 Å². The summed E-state index contributed by atoms with van der Waals surface area (Å²) in [6.45, 7) is 8.95. The zero-order valence-electron chi connectivity index (χ0n) is 11.4. The van der Waals surface area contributed by atoms with Gasteiger partial charge in [-0.1, -0.05) is 0 Å². The van der Waals surface area contributed by atoms with Crippen molar-refractivity contribution in [3.63, 3.8) is 0 Å². The van der Waals surface area contributed by atoms with E-state index in [9.17, 15) is 4.79 Å². The van der Waals surface area contributed by atoms with Gasteiger partial charge in [-0.15, -0.1) is 10.2 Å². The van der Waals surface area contributed by atoms with Crippen LogP contribution in [0.25, 0.3) is 0 Å². The number of quaternary nitrogens is 1. The first-order chi connectivity index (χ1) is 8.26. The molecule has 0 aromatic carbocycles. The Morgan fingerprint density at radius 1 is 1.33 bits per heavy atom. The molecule has 6 nitrogen and oxygen atoms in total. The van der Waals surface area contributed by atoms with Gasteiger partial charge < -0.3 is 10.6 Å². The number of rotatable bonds is 2. The minimum Gasteiger partial charge on any atom is -0.351 e. The van der Waals surface area contributed by atoms with E-state index in [1.165, 1.54) is 6.20 Å². The Hall–Kier alpha value is -1.43. The van der Waals surface area contributed by atoms with Gasteiger partial charge in [0, 0.05) is 18.9 Å². The molecule has 0 saturated carbocycles. The highest BCUT2D eigenvalue weighted by Gasteiger charge is 2.41. The third kappa shape index (κ3) is 3.29. The van der Waals surface area contributed by atoms with Gasteiger partial charge in [0.15, 0.2) is 0 Å². The number of anilines is 1. The molecule has 0 bridgehead atoms. The highest BCUT2D eigenvalue weighted by atomic mass is 16.1. The minimum atomic E-state index is -0.228. The molecule has 0 radical (unpaired) electrons. The lowest BCUT2D eigenvalue weighted by Crippen LogP contribution is -3.06. The van der Waals surface area contributed by atoms with E-state index in [2.05, 4.69) is 53.5 Å². The van der Waals surface area contributed by atoms with Gasteiger partial charge in [-0.3, -0.25) is 9.78 Å². The number of hydrogen-bond acceptors (Lipinski definition) is 4. The molecule has 0 amide bonds. The third-order valence-electron chi connectivity index (χ3n) is 3.24. The van der Waals surface area contributed by atoms with Crippen molar-refractivity contribution in [2.24, 2.45) is 0 Å². The Morgan fingerprint density at radius 2 is 1.94 bits per heavy atom. The molecule has 1 aliphatic heterocycles. The predicted molar refractivity (Wildman–Crippen MR) is 69.4 cm³/mol. The van der Waals surface area contributed by atoms with Crippen molar-refractivity contribution in [2.45, 2.75) is 57.7 Å². The first-order valence-electron chi connectivity index (χ1n) is 6.31. The average molecular weight is 252 g/mol. The van der Waals surface area contributed by atoms with Gasteiger partial charge in [0.05, 0.1) is 11.1 Å². The van der Waals surface area contributed by atoms with E-state index in [1.807, 2.05) is 0 Å². The van der Waals surface area contributed by atoms with Crippen molar-refractivity contribution in [2.75, 3.05) is 5.32 Å². The van der Waals surface area contributed by atoms with E-state index < -0.39 is 0 Å². The van der Waals surface area contributed by atoms with Crippen LogP contribution in [0.4, 0.5) is 5.95 Å². The van der Waals surface area contributed by atoms with Crippen LogP contribution in [0.2, 0.25) is 0 Å². The van der Waals surface area contributed by atoms with Crippen molar-refractivity contribution < 1.29 is 5.32 Å². The van der Waals surface area contributed by atoms with E-state index in [1.54, 1.807) is 0 Å². The second-order valence-corrected chi connectivity index (χ2v) is 6.55. The zero-order valence-corrected chi connectivity index (χ0v) is 11.4. The van der Waals surface area contributed by atoms with E-state index in [4.69, 9.17) is 0 Å². The fraction of sp³-hybridized carbons (Fsp3) is 0.750. The highest BCUT2D eigenvalue weighted by molar-refractivity contribution is 5.23. The number of piperidine rings is 1. The molecule has 0 atom stereocenters. The first-order valence-corrected chi connectivity index (χ1v) is 6.31. The molecule has 1 fully saturated rings. The maximum Gasteiger partial charge on any atom is 0.271 e. The summed E-state index contributed by atoms with van der Waals surface area (Å²) in [6.07, 6.45) is 3.22. The normalized spacial score (nSPS) is 22.7. The monoisotopic (exact) mass is 252 g/mol. The molecule has 6 heteroatoms. The Labute approximate surface area is 107 Å². The summed E-state index contributed by atoms with van der Waals surface area (Å²) in [4.78, 5) is 13.8. The summed E-state index contributed by atoms with van der Waals surface area (Å²) in [5.41, 5.74) is 0.137. The Balaban J connectivity index is 2.12. The van der Waals surface area contributed by atoms with Gasteiger partial charge in [-0.25, -0.2) is 0 Å². The van der Waals surface area contributed by atoms with Crippen LogP contribution < -0.4 is 16.2 Å².